The normalized spacial score (nSPS) is 19.3. The molecule has 9 atom stereocenters. The van der Waals surface area contributed by atoms with Crippen molar-refractivity contribution in [2.24, 2.45) is 17.8 Å². The predicted octanol–water partition coefficient (Wildman–Crippen LogP) is 1.79. The minimum absolute atomic E-state index is 0.0215. The number of sulfone groups is 1. The SMILES string of the molecule is CC[C@H](C)[C@@H]([C@@H](CC(=O)N1CCC[C@H]1[C@H](OC)[C@@H](C)C(=O)N[C@H](CO)Cc1ccccc1)OC)N(C)C(=O)[C@@H](NC(=O)[C@H](CCS(C)(=O)=O)NC)C(C)C. The first kappa shape index (κ1) is 47.0. The quantitative estimate of drug-likeness (QED) is 0.128. The molecule has 54 heavy (non-hydrogen) atoms. The minimum atomic E-state index is -3.30. The fraction of sp³-hybridized carbons (Fsp3) is 0.744. The van der Waals surface area contributed by atoms with Crippen LogP contribution in [0.25, 0.3) is 0 Å². The highest BCUT2D eigenvalue weighted by Gasteiger charge is 2.43. The van der Waals surface area contributed by atoms with Crippen LogP contribution in [0.15, 0.2) is 30.3 Å². The average Bonchev–Trinajstić information content (AvgIpc) is 3.62. The Kier molecular flexibility index (Phi) is 19.6. The van der Waals surface area contributed by atoms with E-state index in [1.807, 2.05) is 58.0 Å². The van der Waals surface area contributed by atoms with Crippen LogP contribution in [0, 0.1) is 17.8 Å². The second-order valence-corrected chi connectivity index (χ2v) is 17.4. The number of aliphatic hydroxyl groups excluding tert-OH is 1. The van der Waals surface area contributed by atoms with Gasteiger partial charge in [-0.3, -0.25) is 19.2 Å². The van der Waals surface area contributed by atoms with E-state index in [4.69, 9.17) is 9.47 Å². The number of nitrogens with zero attached hydrogens (tertiary/aromatic N) is 2. The maximum absolute atomic E-state index is 14.2. The number of benzene rings is 1. The van der Waals surface area contributed by atoms with Crippen LogP contribution in [0.1, 0.15) is 72.3 Å². The molecule has 15 heteroatoms. The second-order valence-electron chi connectivity index (χ2n) is 15.2. The van der Waals surface area contributed by atoms with Crippen molar-refractivity contribution in [3.05, 3.63) is 35.9 Å². The molecular weight excluding hydrogens is 715 g/mol. The van der Waals surface area contributed by atoms with Gasteiger partial charge in [-0.25, -0.2) is 8.42 Å². The third-order valence-electron chi connectivity index (χ3n) is 10.8. The number of ether oxygens (including phenoxy) is 2. The molecule has 1 aromatic rings. The van der Waals surface area contributed by atoms with Crippen molar-refractivity contribution in [3.8, 4) is 0 Å². The Morgan fingerprint density at radius 2 is 1.67 bits per heavy atom. The molecule has 1 aliphatic rings. The maximum Gasteiger partial charge on any atom is 0.245 e. The molecule has 0 radical (unpaired) electrons. The monoisotopic (exact) mass is 781 g/mol. The van der Waals surface area contributed by atoms with Crippen molar-refractivity contribution in [2.75, 3.05) is 53.5 Å². The molecule has 308 valence electrons. The molecular formula is C39H67N5O9S. The number of aliphatic hydroxyl groups is 1. The second kappa shape index (κ2) is 22.4. The van der Waals surface area contributed by atoms with Crippen molar-refractivity contribution in [1.82, 2.24) is 25.8 Å². The fourth-order valence-electron chi connectivity index (χ4n) is 7.42. The zero-order valence-corrected chi connectivity index (χ0v) is 34.9. The molecule has 2 rings (SSSR count). The predicted molar refractivity (Wildman–Crippen MR) is 209 cm³/mol. The van der Waals surface area contributed by atoms with E-state index in [2.05, 4.69) is 16.0 Å². The van der Waals surface area contributed by atoms with Gasteiger partial charge in [0.05, 0.1) is 61.1 Å². The highest BCUT2D eigenvalue weighted by molar-refractivity contribution is 7.90. The standard InChI is InChI=1S/C39H67N5O9S/c1-11-26(4)35(43(7)39(49)34(25(2)3)42-38(48)30(40-6)19-21-54(10,50)51)32(52-8)23-33(46)44-20-15-18-31(44)36(53-9)27(5)37(47)41-29(24-45)22-28-16-13-12-14-17-28/h12-14,16-17,25-27,29-32,34-36,40,45H,11,15,18-24H2,1-10H3,(H,41,47)(H,42,48)/t26-,27+,29-,30-,31-,32+,34-,35-,36+/m0/s1. The Bertz CT molecular complexity index is 1450. The smallest absolute Gasteiger partial charge is 0.245 e. The fourth-order valence-corrected chi connectivity index (χ4v) is 8.09. The van der Waals surface area contributed by atoms with Gasteiger partial charge in [0.15, 0.2) is 0 Å². The number of likely N-dealkylation sites (tertiary alicyclic amines) is 1. The van der Waals surface area contributed by atoms with Crippen LogP contribution in [-0.4, -0.2) is 143 Å². The van der Waals surface area contributed by atoms with Gasteiger partial charge in [0.1, 0.15) is 15.9 Å². The van der Waals surface area contributed by atoms with E-state index in [-0.39, 0.29) is 60.8 Å². The Labute approximate surface area is 323 Å². The molecule has 1 saturated heterocycles. The van der Waals surface area contributed by atoms with Crippen LogP contribution in [0.5, 0.6) is 0 Å². The summed E-state index contributed by atoms with van der Waals surface area (Å²) >= 11 is 0. The summed E-state index contributed by atoms with van der Waals surface area (Å²) in [6.45, 7) is 9.67. The molecule has 0 aliphatic carbocycles. The number of carbonyl (C=O) groups is 4. The van der Waals surface area contributed by atoms with Crippen LogP contribution in [0.3, 0.4) is 0 Å². The van der Waals surface area contributed by atoms with E-state index >= 15 is 0 Å². The highest BCUT2D eigenvalue weighted by atomic mass is 32.2. The lowest BCUT2D eigenvalue weighted by Gasteiger charge is -2.41. The third-order valence-corrected chi connectivity index (χ3v) is 11.8. The van der Waals surface area contributed by atoms with Crippen LogP contribution in [-0.2, 0) is 44.9 Å². The summed E-state index contributed by atoms with van der Waals surface area (Å²) in [4.78, 5) is 58.4. The van der Waals surface area contributed by atoms with Crippen LogP contribution in [0.4, 0.5) is 0 Å². The molecule has 4 amide bonds. The van der Waals surface area contributed by atoms with Crippen molar-refractivity contribution in [2.45, 2.75) is 116 Å². The van der Waals surface area contributed by atoms with E-state index in [0.29, 0.717) is 25.8 Å². The molecule has 4 N–H and O–H groups in total. The Morgan fingerprint density at radius 1 is 1.02 bits per heavy atom. The first-order valence-electron chi connectivity index (χ1n) is 19.2. The van der Waals surface area contributed by atoms with Gasteiger partial charge in [0, 0.05) is 34.1 Å². The Balaban J connectivity index is 2.24. The van der Waals surface area contributed by atoms with E-state index in [0.717, 1.165) is 18.2 Å². The molecule has 1 fully saturated rings. The number of hydrogen-bond donors (Lipinski definition) is 4. The molecule has 0 aromatic heterocycles. The van der Waals surface area contributed by atoms with Crippen LogP contribution < -0.4 is 16.0 Å². The zero-order valence-electron chi connectivity index (χ0n) is 34.0. The van der Waals surface area contributed by atoms with Crippen LogP contribution >= 0.6 is 0 Å². The zero-order chi connectivity index (χ0) is 40.7. The van der Waals surface area contributed by atoms with Gasteiger partial charge in [0.25, 0.3) is 0 Å². The van der Waals surface area contributed by atoms with Crippen molar-refractivity contribution >= 4 is 33.5 Å². The first-order chi connectivity index (χ1) is 25.4. The minimum Gasteiger partial charge on any atom is -0.394 e. The summed E-state index contributed by atoms with van der Waals surface area (Å²) in [6.07, 6.45) is 2.40. The molecule has 1 heterocycles. The summed E-state index contributed by atoms with van der Waals surface area (Å²) in [5.41, 5.74) is 0.991. The lowest BCUT2D eigenvalue weighted by Crippen LogP contribution is -2.59. The van der Waals surface area contributed by atoms with E-state index in [9.17, 15) is 32.7 Å². The van der Waals surface area contributed by atoms with Gasteiger partial charge in [-0.05, 0) is 50.1 Å². The number of carbonyl (C=O) groups excluding carboxylic acids is 4. The third kappa shape index (κ3) is 13.6. The van der Waals surface area contributed by atoms with E-state index in [1.165, 1.54) is 14.2 Å². The summed E-state index contributed by atoms with van der Waals surface area (Å²) in [7, 11) is 2.99. The van der Waals surface area contributed by atoms with Gasteiger partial charge in [-0.1, -0.05) is 71.4 Å². The number of methoxy groups -OCH3 is 2. The van der Waals surface area contributed by atoms with E-state index in [1.54, 1.807) is 30.8 Å². The number of nitrogens with one attached hydrogen (secondary N) is 3. The molecule has 0 unspecified atom stereocenters. The van der Waals surface area contributed by atoms with Crippen LogP contribution in [0.2, 0.25) is 0 Å². The Hall–Kier alpha value is -3.11. The molecule has 0 bridgehead atoms. The van der Waals surface area contributed by atoms with Gasteiger partial charge in [-0.2, -0.15) is 0 Å². The lowest BCUT2D eigenvalue weighted by atomic mass is 9.89. The topological polar surface area (TPSA) is 184 Å². The lowest BCUT2D eigenvalue weighted by molar-refractivity contribution is -0.147. The molecule has 1 aromatic carbocycles. The molecule has 0 saturated carbocycles. The summed E-state index contributed by atoms with van der Waals surface area (Å²) in [6, 6.07) is 6.52. The Morgan fingerprint density at radius 3 is 2.19 bits per heavy atom. The number of hydrogen-bond acceptors (Lipinski definition) is 10. The largest absolute Gasteiger partial charge is 0.394 e. The van der Waals surface area contributed by atoms with Crippen molar-refractivity contribution in [3.63, 3.8) is 0 Å². The molecule has 0 spiro atoms. The average molecular weight is 782 g/mol. The summed E-state index contributed by atoms with van der Waals surface area (Å²) in [5.74, 6) is -2.45. The van der Waals surface area contributed by atoms with Crippen molar-refractivity contribution < 1.29 is 42.2 Å². The van der Waals surface area contributed by atoms with E-state index < -0.39 is 58.0 Å². The van der Waals surface area contributed by atoms with Gasteiger partial charge in [0.2, 0.25) is 23.6 Å². The van der Waals surface area contributed by atoms with Crippen molar-refractivity contribution in [1.29, 1.82) is 0 Å². The maximum atomic E-state index is 14.2. The number of amides is 4. The number of rotatable bonds is 23. The van der Waals surface area contributed by atoms with Gasteiger partial charge in [-0.15, -0.1) is 0 Å². The summed E-state index contributed by atoms with van der Waals surface area (Å²) in [5, 5.41) is 18.7. The van der Waals surface area contributed by atoms with Gasteiger partial charge < -0.3 is 40.3 Å². The molecule has 14 nitrogen and oxygen atoms in total. The summed E-state index contributed by atoms with van der Waals surface area (Å²) < 4.78 is 35.4. The highest BCUT2D eigenvalue weighted by Crippen LogP contribution is 2.29. The first-order valence-corrected chi connectivity index (χ1v) is 21.2. The van der Waals surface area contributed by atoms with Gasteiger partial charge >= 0.3 is 0 Å². The molecule has 1 aliphatic heterocycles. The number of likely N-dealkylation sites (N-methyl/N-ethyl adjacent to an activating group) is 2.